The lowest BCUT2D eigenvalue weighted by Crippen LogP contribution is -2.45. The number of piperidine rings is 1. The quantitative estimate of drug-likeness (QED) is 0.755. The van der Waals surface area contributed by atoms with Crippen LogP contribution in [-0.2, 0) is 6.54 Å². The van der Waals surface area contributed by atoms with Crippen LogP contribution in [0.25, 0.3) is 0 Å². The zero-order valence-electron chi connectivity index (χ0n) is 13.7. The number of aryl methyl sites for hydroxylation is 1. The number of likely N-dealkylation sites (tertiary alicyclic amines) is 1. The summed E-state index contributed by atoms with van der Waals surface area (Å²) in [4.78, 5) is 3.95. The highest BCUT2D eigenvalue weighted by atomic mass is 35.5. The van der Waals surface area contributed by atoms with E-state index in [4.69, 9.17) is 23.8 Å². The smallest absolute Gasteiger partial charge is 0.171 e. The maximum atomic E-state index is 6.31. The Morgan fingerprint density at radius 3 is 2.79 bits per heavy atom. The van der Waals surface area contributed by atoms with E-state index in [-0.39, 0.29) is 0 Å². The van der Waals surface area contributed by atoms with Gasteiger partial charge in [0.1, 0.15) is 0 Å². The molecule has 2 aromatic rings. The number of rotatable bonds is 4. The summed E-state index contributed by atoms with van der Waals surface area (Å²) < 4.78 is 0. The highest BCUT2D eigenvalue weighted by molar-refractivity contribution is 7.80. The molecule has 0 spiro atoms. The highest BCUT2D eigenvalue weighted by Crippen LogP contribution is 2.25. The van der Waals surface area contributed by atoms with Crippen LogP contribution in [0, 0.1) is 6.92 Å². The van der Waals surface area contributed by atoms with Gasteiger partial charge in [-0.25, -0.2) is 0 Å². The van der Waals surface area contributed by atoms with Crippen molar-refractivity contribution in [3.05, 3.63) is 51.2 Å². The third-order valence-electron chi connectivity index (χ3n) is 4.32. The van der Waals surface area contributed by atoms with Gasteiger partial charge in [0.25, 0.3) is 0 Å². The molecule has 24 heavy (non-hydrogen) atoms. The van der Waals surface area contributed by atoms with Gasteiger partial charge in [-0.3, -0.25) is 4.90 Å². The van der Waals surface area contributed by atoms with Crippen molar-refractivity contribution in [2.45, 2.75) is 32.4 Å². The van der Waals surface area contributed by atoms with Crippen LogP contribution in [0.4, 0.5) is 5.69 Å². The lowest BCUT2D eigenvalue weighted by molar-refractivity contribution is 0.201. The molecule has 3 nitrogen and oxygen atoms in total. The van der Waals surface area contributed by atoms with Gasteiger partial charge in [-0.1, -0.05) is 29.8 Å². The maximum absolute atomic E-state index is 6.31. The minimum Gasteiger partial charge on any atom is -0.360 e. The lowest BCUT2D eigenvalue weighted by Gasteiger charge is -2.32. The largest absolute Gasteiger partial charge is 0.360 e. The molecule has 1 aliphatic heterocycles. The first-order chi connectivity index (χ1) is 11.6. The van der Waals surface area contributed by atoms with E-state index < -0.39 is 0 Å². The molecule has 3 rings (SSSR count). The predicted octanol–water partition coefficient (Wildman–Crippen LogP) is 4.66. The van der Waals surface area contributed by atoms with E-state index in [9.17, 15) is 0 Å². The molecule has 2 N–H and O–H groups in total. The minimum atomic E-state index is 0.424. The van der Waals surface area contributed by atoms with Gasteiger partial charge >= 0.3 is 0 Å². The first kappa shape index (κ1) is 17.7. The van der Waals surface area contributed by atoms with E-state index in [1.54, 1.807) is 0 Å². The number of thiocarbonyl (C=S) groups is 1. The number of hydrogen-bond acceptors (Lipinski definition) is 3. The average molecular weight is 380 g/mol. The number of hydrogen-bond donors (Lipinski definition) is 2. The topological polar surface area (TPSA) is 27.3 Å². The predicted molar refractivity (Wildman–Crippen MR) is 108 cm³/mol. The molecule has 1 saturated heterocycles. The molecule has 1 aliphatic rings. The molecule has 128 valence electrons. The number of halogens is 1. The van der Waals surface area contributed by atoms with Crippen molar-refractivity contribution in [2.24, 2.45) is 0 Å². The zero-order chi connectivity index (χ0) is 16.9. The van der Waals surface area contributed by atoms with Crippen molar-refractivity contribution in [3.63, 3.8) is 0 Å². The standard InChI is InChI=1S/C18H22ClN3S2/c1-13-4-2-6-16(17(13)19)21-18(23)20-14-7-9-22(10-8-14)12-15-5-3-11-24-15/h2-6,11,14H,7-10,12H2,1H3,(H2,20,21,23). The summed E-state index contributed by atoms with van der Waals surface area (Å²) in [5, 5.41) is 10.2. The summed E-state index contributed by atoms with van der Waals surface area (Å²) in [5.41, 5.74) is 1.91. The Morgan fingerprint density at radius 2 is 2.08 bits per heavy atom. The van der Waals surface area contributed by atoms with Crippen molar-refractivity contribution in [1.82, 2.24) is 10.2 Å². The van der Waals surface area contributed by atoms with E-state index >= 15 is 0 Å². The molecule has 2 heterocycles. The summed E-state index contributed by atoms with van der Waals surface area (Å²) in [6, 6.07) is 10.7. The third-order valence-corrected chi connectivity index (χ3v) is 5.91. The molecule has 0 bridgehead atoms. The fraction of sp³-hybridized carbons (Fsp3) is 0.389. The molecule has 0 atom stereocenters. The van der Waals surface area contributed by atoms with Crippen LogP contribution in [0.15, 0.2) is 35.7 Å². The molecule has 0 saturated carbocycles. The summed E-state index contributed by atoms with van der Waals surface area (Å²) in [6.45, 7) is 5.26. The SMILES string of the molecule is Cc1cccc(NC(=S)NC2CCN(Cc3cccs3)CC2)c1Cl. The van der Waals surface area contributed by atoms with Crippen LogP contribution in [0.1, 0.15) is 23.3 Å². The molecular weight excluding hydrogens is 358 g/mol. The number of nitrogens with one attached hydrogen (secondary N) is 2. The number of benzene rings is 1. The Morgan fingerprint density at radius 1 is 1.29 bits per heavy atom. The second-order valence-electron chi connectivity index (χ2n) is 6.16. The first-order valence-electron chi connectivity index (χ1n) is 8.19. The van der Waals surface area contributed by atoms with E-state index in [2.05, 4.69) is 33.0 Å². The Balaban J connectivity index is 1.45. The van der Waals surface area contributed by atoms with Gasteiger partial charge in [0.05, 0.1) is 10.7 Å². The summed E-state index contributed by atoms with van der Waals surface area (Å²) >= 11 is 13.6. The molecule has 1 aromatic carbocycles. The fourth-order valence-electron chi connectivity index (χ4n) is 2.95. The Hall–Kier alpha value is -1.14. The van der Waals surface area contributed by atoms with Crippen molar-refractivity contribution in [1.29, 1.82) is 0 Å². The van der Waals surface area contributed by atoms with Crippen LogP contribution in [0.5, 0.6) is 0 Å². The van der Waals surface area contributed by atoms with E-state index in [0.29, 0.717) is 11.2 Å². The molecule has 0 radical (unpaired) electrons. The normalized spacial score (nSPS) is 16.1. The molecule has 0 aliphatic carbocycles. The highest BCUT2D eigenvalue weighted by Gasteiger charge is 2.20. The van der Waals surface area contributed by atoms with Gasteiger partial charge in [0.15, 0.2) is 5.11 Å². The number of nitrogens with zero attached hydrogens (tertiary/aromatic N) is 1. The van der Waals surface area contributed by atoms with E-state index in [1.165, 1.54) is 4.88 Å². The summed E-state index contributed by atoms with van der Waals surface area (Å²) in [6.07, 6.45) is 2.21. The van der Waals surface area contributed by atoms with Crippen LogP contribution in [-0.4, -0.2) is 29.1 Å². The van der Waals surface area contributed by atoms with Gasteiger partial charge < -0.3 is 10.6 Å². The first-order valence-corrected chi connectivity index (χ1v) is 9.86. The van der Waals surface area contributed by atoms with Gasteiger partial charge in [-0.05, 0) is 55.1 Å². The van der Waals surface area contributed by atoms with Gasteiger partial charge in [-0.15, -0.1) is 11.3 Å². The van der Waals surface area contributed by atoms with E-state index in [1.807, 2.05) is 36.5 Å². The second kappa shape index (κ2) is 8.30. The molecule has 0 unspecified atom stereocenters. The lowest BCUT2D eigenvalue weighted by atomic mass is 10.1. The van der Waals surface area contributed by atoms with Crippen LogP contribution < -0.4 is 10.6 Å². The monoisotopic (exact) mass is 379 g/mol. The van der Waals surface area contributed by atoms with Crippen molar-refractivity contribution >= 4 is 46.0 Å². The Kier molecular flexibility index (Phi) is 6.11. The molecule has 6 heteroatoms. The second-order valence-corrected chi connectivity index (χ2v) is 7.98. The molecule has 1 fully saturated rings. The third kappa shape index (κ3) is 4.70. The van der Waals surface area contributed by atoms with Gasteiger partial charge in [0, 0.05) is 30.6 Å². The average Bonchev–Trinajstić information content (AvgIpc) is 3.07. The van der Waals surface area contributed by atoms with Crippen molar-refractivity contribution in [2.75, 3.05) is 18.4 Å². The van der Waals surface area contributed by atoms with Crippen LogP contribution >= 0.6 is 35.2 Å². The molecular formula is C18H22ClN3S2. The fourth-order valence-corrected chi connectivity index (χ4v) is 4.14. The van der Waals surface area contributed by atoms with E-state index in [0.717, 1.165) is 48.7 Å². The maximum Gasteiger partial charge on any atom is 0.171 e. The zero-order valence-corrected chi connectivity index (χ0v) is 16.1. The Labute approximate surface area is 158 Å². The minimum absolute atomic E-state index is 0.424. The molecule has 0 amide bonds. The Bertz CT molecular complexity index is 680. The molecule has 1 aromatic heterocycles. The van der Waals surface area contributed by atoms with Crippen LogP contribution in [0.2, 0.25) is 5.02 Å². The summed E-state index contributed by atoms with van der Waals surface area (Å²) in [7, 11) is 0. The van der Waals surface area contributed by atoms with Crippen molar-refractivity contribution in [3.8, 4) is 0 Å². The van der Waals surface area contributed by atoms with Gasteiger partial charge in [0.2, 0.25) is 0 Å². The number of anilines is 1. The van der Waals surface area contributed by atoms with Gasteiger partial charge in [-0.2, -0.15) is 0 Å². The van der Waals surface area contributed by atoms with Crippen molar-refractivity contribution < 1.29 is 0 Å². The number of thiophene rings is 1. The summed E-state index contributed by atoms with van der Waals surface area (Å²) in [5.74, 6) is 0. The van der Waals surface area contributed by atoms with Crippen LogP contribution in [0.3, 0.4) is 0 Å².